The number of rotatable bonds is 5. The van der Waals surface area contributed by atoms with Gasteiger partial charge in [0, 0.05) is 11.7 Å². The minimum atomic E-state index is 0.115. The summed E-state index contributed by atoms with van der Waals surface area (Å²) in [6.07, 6.45) is 6.23. The Bertz CT molecular complexity index is 651. The number of nitrogens with two attached hydrogens (primary N) is 1. The van der Waals surface area contributed by atoms with E-state index in [1.807, 2.05) is 24.3 Å². The molecule has 0 radical (unpaired) electrons. The van der Waals surface area contributed by atoms with Crippen LogP contribution in [-0.4, -0.2) is 11.9 Å². The SMILES string of the molecule is Nc1ccc(CC(=O)NC2CCCCC2Cc2ccccc2)cc1. The minimum Gasteiger partial charge on any atom is -0.399 e. The van der Waals surface area contributed by atoms with E-state index in [1.165, 1.54) is 24.8 Å². The zero-order chi connectivity index (χ0) is 16.8. The predicted octanol–water partition coefficient (Wildman–Crippen LogP) is 3.73. The summed E-state index contributed by atoms with van der Waals surface area (Å²) in [6, 6.07) is 18.4. The molecule has 3 nitrogen and oxygen atoms in total. The van der Waals surface area contributed by atoms with Gasteiger partial charge in [-0.05, 0) is 48.4 Å². The third-order valence-corrected chi connectivity index (χ3v) is 4.94. The normalized spacial score (nSPS) is 20.5. The number of nitrogens with one attached hydrogen (secondary N) is 1. The van der Waals surface area contributed by atoms with Crippen LogP contribution in [0.3, 0.4) is 0 Å². The second-order valence-corrected chi connectivity index (χ2v) is 6.83. The molecule has 0 spiro atoms. The second-order valence-electron chi connectivity index (χ2n) is 6.83. The van der Waals surface area contributed by atoms with Crippen molar-refractivity contribution in [2.75, 3.05) is 5.73 Å². The third kappa shape index (κ3) is 4.60. The number of hydrogen-bond acceptors (Lipinski definition) is 2. The number of hydrogen-bond donors (Lipinski definition) is 2. The Morgan fingerprint density at radius 2 is 1.67 bits per heavy atom. The highest BCUT2D eigenvalue weighted by molar-refractivity contribution is 5.79. The lowest BCUT2D eigenvalue weighted by Crippen LogP contribution is -2.43. The minimum absolute atomic E-state index is 0.115. The van der Waals surface area contributed by atoms with Gasteiger partial charge in [0.1, 0.15) is 0 Å². The molecule has 1 aliphatic rings. The van der Waals surface area contributed by atoms with Crippen LogP contribution in [0, 0.1) is 5.92 Å². The van der Waals surface area contributed by atoms with Gasteiger partial charge in [0.25, 0.3) is 0 Å². The molecule has 126 valence electrons. The van der Waals surface area contributed by atoms with Crippen LogP contribution in [0.25, 0.3) is 0 Å². The molecule has 0 bridgehead atoms. The number of nitrogen functional groups attached to an aromatic ring is 1. The Morgan fingerprint density at radius 3 is 2.42 bits per heavy atom. The highest BCUT2D eigenvalue weighted by atomic mass is 16.1. The molecule has 3 rings (SSSR count). The number of carbonyl (C=O) groups is 1. The molecule has 1 amide bonds. The van der Waals surface area contributed by atoms with Crippen LogP contribution in [0.1, 0.15) is 36.8 Å². The first-order chi connectivity index (χ1) is 11.7. The monoisotopic (exact) mass is 322 g/mol. The van der Waals surface area contributed by atoms with E-state index in [-0.39, 0.29) is 5.91 Å². The van der Waals surface area contributed by atoms with Crippen molar-refractivity contribution in [1.82, 2.24) is 5.32 Å². The van der Waals surface area contributed by atoms with Gasteiger partial charge in [-0.25, -0.2) is 0 Å². The number of amides is 1. The molecule has 2 aromatic carbocycles. The van der Waals surface area contributed by atoms with Crippen LogP contribution in [0.5, 0.6) is 0 Å². The summed E-state index contributed by atoms with van der Waals surface area (Å²) in [6.45, 7) is 0. The molecule has 3 N–H and O–H groups in total. The highest BCUT2D eigenvalue weighted by Gasteiger charge is 2.26. The molecule has 24 heavy (non-hydrogen) atoms. The van der Waals surface area contributed by atoms with Crippen LogP contribution in [0.4, 0.5) is 5.69 Å². The molecular formula is C21H26N2O. The van der Waals surface area contributed by atoms with Crippen molar-refractivity contribution in [3.8, 4) is 0 Å². The fourth-order valence-electron chi connectivity index (χ4n) is 3.64. The number of anilines is 1. The van der Waals surface area contributed by atoms with Crippen LogP contribution in [0.2, 0.25) is 0 Å². The molecule has 0 aliphatic heterocycles. The first-order valence-corrected chi connectivity index (χ1v) is 8.88. The van der Waals surface area contributed by atoms with Crippen molar-refractivity contribution < 1.29 is 4.79 Å². The molecular weight excluding hydrogens is 296 g/mol. The van der Waals surface area contributed by atoms with Gasteiger partial charge in [-0.3, -0.25) is 4.79 Å². The Labute approximate surface area is 144 Å². The summed E-state index contributed by atoms with van der Waals surface area (Å²) in [4.78, 5) is 12.4. The summed E-state index contributed by atoms with van der Waals surface area (Å²) >= 11 is 0. The lowest BCUT2D eigenvalue weighted by Gasteiger charge is -2.32. The molecule has 2 atom stereocenters. The van der Waals surface area contributed by atoms with E-state index in [9.17, 15) is 4.79 Å². The van der Waals surface area contributed by atoms with E-state index in [0.717, 1.165) is 24.1 Å². The van der Waals surface area contributed by atoms with Gasteiger partial charge in [-0.1, -0.05) is 55.3 Å². The van der Waals surface area contributed by atoms with Gasteiger partial charge in [-0.15, -0.1) is 0 Å². The lowest BCUT2D eigenvalue weighted by atomic mass is 9.80. The lowest BCUT2D eigenvalue weighted by molar-refractivity contribution is -0.121. The van der Waals surface area contributed by atoms with Crippen molar-refractivity contribution in [3.05, 3.63) is 65.7 Å². The Balaban J connectivity index is 1.58. The van der Waals surface area contributed by atoms with E-state index < -0.39 is 0 Å². The van der Waals surface area contributed by atoms with E-state index in [1.54, 1.807) is 0 Å². The quantitative estimate of drug-likeness (QED) is 0.824. The fourth-order valence-corrected chi connectivity index (χ4v) is 3.64. The van der Waals surface area contributed by atoms with Gasteiger partial charge in [0.15, 0.2) is 0 Å². The van der Waals surface area contributed by atoms with Crippen molar-refractivity contribution in [2.45, 2.75) is 44.6 Å². The molecule has 1 fully saturated rings. The van der Waals surface area contributed by atoms with Crippen LogP contribution >= 0.6 is 0 Å². The average Bonchev–Trinajstić information content (AvgIpc) is 2.60. The van der Waals surface area contributed by atoms with Crippen LogP contribution in [0.15, 0.2) is 54.6 Å². The standard InChI is InChI=1S/C21H26N2O/c22-19-12-10-17(11-13-19)15-21(24)23-20-9-5-4-8-18(20)14-16-6-2-1-3-7-16/h1-3,6-7,10-13,18,20H,4-5,8-9,14-15,22H2,(H,23,24). The molecule has 1 aliphatic carbocycles. The first-order valence-electron chi connectivity index (χ1n) is 8.88. The molecule has 0 aromatic heterocycles. The van der Waals surface area contributed by atoms with Gasteiger partial charge in [0.2, 0.25) is 5.91 Å². The Hall–Kier alpha value is -2.29. The van der Waals surface area contributed by atoms with Crippen molar-refractivity contribution >= 4 is 11.6 Å². The smallest absolute Gasteiger partial charge is 0.224 e. The molecule has 0 saturated heterocycles. The first kappa shape index (κ1) is 16.6. The zero-order valence-corrected chi connectivity index (χ0v) is 14.1. The fraction of sp³-hybridized carbons (Fsp3) is 0.381. The molecule has 3 heteroatoms. The topological polar surface area (TPSA) is 55.1 Å². The second kappa shape index (κ2) is 8.00. The summed E-state index contributed by atoms with van der Waals surface area (Å²) < 4.78 is 0. The highest BCUT2D eigenvalue weighted by Crippen LogP contribution is 2.27. The zero-order valence-electron chi connectivity index (χ0n) is 14.1. The Kier molecular flexibility index (Phi) is 5.52. The van der Waals surface area contributed by atoms with E-state index >= 15 is 0 Å². The molecule has 1 saturated carbocycles. The molecule has 2 unspecified atom stereocenters. The van der Waals surface area contributed by atoms with Gasteiger partial charge >= 0.3 is 0 Å². The summed E-state index contributed by atoms with van der Waals surface area (Å²) in [5.74, 6) is 0.654. The maximum absolute atomic E-state index is 12.4. The molecule has 2 aromatic rings. The van der Waals surface area contributed by atoms with Gasteiger partial charge in [-0.2, -0.15) is 0 Å². The summed E-state index contributed by atoms with van der Waals surface area (Å²) in [5.41, 5.74) is 8.80. The van der Waals surface area contributed by atoms with E-state index in [4.69, 9.17) is 5.73 Å². The maximum atomic E-state index is 12.4. The number of carbonyl (C=O) groups excluding carboxylic acids is 1. The van der Waals surface area contributed by atoms with E-state index in [2.05, 4.69) is 35.6 Å². The summed E-state index contributed by atoms with van der Waals surface area (Å²) in [5, 5.41) is 3.28. The maximum Gasteiger partial charge on any atom is 0.224 e. The average molecular weight is 322 g/mol. The van der Waals surface area contributed by atoms with Gasteiger partial charge < -0.3 is 11.1 Å². The van der Waals surface area contributed by atoms with Gasteiger partial charge in [0.05, 0.1) is 6.42 Å². The molecule has 0 heterocycles. The largest absolute Gasteiger partial charge is 0.399 e. The Morgan fingerprint density at radius 1 is 0.958 bits per heavy atom. The van der Waals surface area contributed by atoms with Crippen LogP contribution < -0.4 is 11.1 Å². The van der Waals surface area contributed by atoms with Crippen LogP contribution in [-0.2, 0) is 17.6 Å². The number of benzene rings is 2. The van der Waals surface area contributed by atoms with Crippen molar-refractivity contribution in [3.63, 3.8) is 0 Å². The van der Waals surface area contributed by atoms with E-state index in [0.29, 0.717) is 18.4 Å². The third-order valence-electron chi connectivity index (χ3n) is 4.94. The summed E-state index contributed by atoms with van der Waals surface area (Å²) in [7, 11) is 0. The van der Waals surface area contributed by atoms with Crippen molar-refractivity contribution in [2.24, 2.45) is 5.92 Å². The predicted molar refractivity (Wildman–Crippen MR) is 98.6 cm³/mol. The van der Waals surface area contributed by atoms with Crippen molar-refractivity contribution in [1.29, 1.82) is 0 Å².